The predicted octanol–water partition coefficient (Wildman–Crippen LogP) is 3.12. The van der Waals surface area contributed by atoms with Gasteiger partial charge in [0.05, 0.1) is 5.69 Å². The second kappa shape index (κ2) is 2.56. The fourth-order valence-corrected chi connectivity index (χ4v) is 1.76. The van der Waals surface area contributed by atoms with Crippen molar-refractivity contribution in [2.45, 2.75) is 19.3 Å². The summed E-state index contributed by atoms with van der Waals surface area (Å²) in [6.07, 6.45) is 7.69. The zero-order valence-corrected chi connectivity index (χ0v) is 7.46. The van der Waals surface area contributed by atoms with Crippen LogP contribution in [0.3, 0.4) is 0 Å². The van der Waals surface area contributed by atoms with E-state index >= 15 is 0 Å². The van der Waals surface area contributed by atoms with Crippen molar-refractivity contribution in [2.24, 2.45) is 4.99 Å². The molecule has 3 rings (SSSR count). The van der Waals surface area contributed by atoms with Crippen LogP contribution in [0.2, 0.25) is 0 Å². The minimum absolute atomic E-state index is 1.09. The van der Waals surface area contributed by atoms with E-state index in [1.54, 1.807) is 0 Å². The van der Waals surface area contributed by atoms with Gasteiger partial charge in [-0.1, -0.05) is 18.2 Å². The van der Waals surface area contributed by atoms with Gasteiger partial charge in [0, 0.05) is 6.21 Å². The molecule has 1 aromatic rings. The van der Waals surface area contributed by atoms with E-state index in [1.807, 2.05) is 6.21 Å². The number of aryl methyl sites for hydroxylation is 1. The van der Waals surface area contributed by atoms with Crippen molar-refractivity contribution in [1.82, 2.24) is 0 Å². The van der Waals surface area contributed by atoms with E-state index in [0.717, 1.165) is 12.8 Å². The van der Waals surface area contributed by atoms with E-state index in [4.69, 9.17) is 0 Å². The molecule has 1 aliphatic carbocycles. The van der Waals surface area contributed by atoms with Crippen molar-refractivity contribution < 1.29 is 0 Å². The summed E-state index contributed by atoms with van der Waals surface area (Å²) in [5.41, 5.74) is 5.41. The molecule has 0 N–H and O–H groups in total. The Hall–Kier alpha value is -1.37. The Morgan fingerprint density at radius 2 is 2.15 bits per heavy atom. The van der Waals surface area contributed by atoms with Gasteiger partial charge in [0.25, 0.3) is 0 Å². The summed E-state index contributed by atoms with van der Waals surface area (Å²) in [5.74, 6) is 0. The zero-order valence-electron chi connectivity index (χ0n) is 7.46. The van der Waals surface area contributed by atoms with Crippen molar-refractivity contribution >= 4 is 17.5 Å². The highest BCUT2D eigenvalue weighted by Gasteiger charge is 2.12. The summed E-state index contributed by atoms with van der Waals surface area (Å²) in [5, 5.41) is 0. The maximum absolute atomic E-state index is 4.41. The van der Waals surface area contributed by atoms with Gasteiger partial charge >= 0.3 is 0 Å². The molecule has 13 heavy (non-hydrogen) atoms. The predicted molar refractivity (Wildman–Crippen MR) is 55.5 cm³/mol. The highest BCUT2D eigenvalue weighted by Crippen LogP contribution is 2.34. The third-order valence-corrected chi connectivity index (χ3v) is 2.64. The van der Waals surface area contributed by atoms with Crippen LogP contribution in [0, 0.1) is 0 Å². The quantitative estimate of drug-likeness (QED) is 0.612. The zero-order chi connectivity index (χ0) is 8.67. The van der Waals surface area contributed by atoms with Crippen molar-refractivity contribution in [3.05, 3.63) is 35.4 Å². The fraction of sp³-hybridized carbons (Fsp3) is 0.250. The van der Waals surface area contributed by atoms with Gasteiger partial charge < -0.3 is 0 Å². The molecule has 0 amide bonds. The van der Waals surface area contributed by atoms with Crippen LogP contribution in [0.15, 0.2) is 29.3 Å². The first-order chi connectivity index (χ1) is 6.43. The molecule has 1 aliphatic heterocycles. The van der Waals surface area contributed by atoms with Gasteiger partial charge in [-0.25, -0.2) is 0 Å². The average Bonchev–Trinajstić information content (AvgIpc) is 3.00. The monoisotopic (exact) mass is 169 g/mol. The molecule has 0 saturated heterocycles. The molecule has 0 unspecified atom stereocenters. The third kappa shape index (κ3) is 1.21. The van der Waals surface area contributed by atoms with E-state index in [2.05, 4.69) is 29.3 Å². The summed E-state index contributed by atoms with van der Waals surface area (Å²) >= 11 is 0. The molecular formula is C12H11N. The smallest absolute Gasteiger partial charge is 0.0663 e. The lowest BCUT2D eigenvalue weighted by atomic mass is 10.0. The molecule has 0 fully saturated rings. The topological polar surface area (TPSA) is 12.4 Å². The van der Waals surface area contributed by atoms with Gasteiger partial charge in [-0.3, -0.25) is 4.99 Å². The number of nitrogens with zero attached hydrogens (tertiary/aromatic N) is 1. The van der Waals surface area contributed by atoms with Gasteiger partial charge in [0.2, 0.25) is 0 Å². The largest absolute Gasteiger partial charge is 0.261 e. The maximum Gasteiger partial charge on any atom is 0.0663 e. The Morgan fingerprint density at radius 3 is 3.00 bits per heavy atom. The number of fused-ring (bicyclic) bond motifs is 1. The number of allylic oxidation sites excluding steroid dienone is 2. The number of hydrogen-bond donors (Lipinski definition) is 0. The van der Waals surface area contributed by atoms with E-state index in [1.165, 1.54) is 28.8 Å². The number of hydrogen-bond acceptors (Lipinski definition) is 1. The van der Waals surface area contributed by atoms with Crippen molar-refractivity contribution in [2.75, 3.05) is 0 Å². The average molecular weight is 169 g/mol. The van der Waals surface area contributed by atoms with E-state index in [-0.39, 0.29) is 0 Å². The molecule has 64 valence electrons. The first-order valence-electron chi connectivity index (χ1n) is 4.78. The van der Waals surface area contributed by atoms with Crippen LogP contribution in [-0.2, 0) is 6.42 Å². The van der Waals surface area contributed by atoms with Crippen LogP contribution in [0.5, 0.6) is 0 Å². The summed E-state index contributed by atoms with van der Waals surface area (Å²) in [6, 6.07) is 6.66. The third-order valence-electron chi connectivity index (χ3n) is 2.64. The van der Waals surface area contributed by atoms with Gasteiger partial charge in [-0.15, -0.1) is 0 Å². The molecular weight excluding hydrogens is 158 g/mol. The second-order valence-corrected chi connectivity index (χ2v) is 3.63. The molecule has 0 radical (unpaired) electrons. The Bertz CT molecular complexity index is 413. The molecule has 0 saturated carbocycles. The number of benzene rings is 1. The van der Waals surface area contributed by atoms with Crippen LogP contribution in [0.4, 0.5) is 5.69 Å². The van der Waals surface area contributed by atoms with Crippen LogP contribution in [0.25, 0.3) is 5.57 Å². The Balaban J connectivity index is 2.10. The lowest BCUT2D eigenvalue weighted by Gasteiger charge is -2.09. The highest BCUT2D eigenvalue weighted by atomic mass is 14.7. The standard InChI is InChI=1S/C12H11N/c1-2-10-5-6-11(9-3-4-9)8-12(10)13-7-1/h3,5-8H,1-2,4H2. The van der Waals surface area contributed by atoms with Gasteiger partial charge in [-0.05, 0) is 42.0 Å². The van der Waals surface area contributed by atoms with Crippen LogP contribution >= 0.6 is 0 Å². The molecule has 1 nitrogen and oxygen atoms in total. The van der Waals surface area contributed by atoms with Gasteiger partial charge in [-0.2, -0.15) is 0 Å². The first-order valence-corrected chi connectivity index (χ1v) is 4.78. The summed E-state index contributed by atoms with van der Waals surface area (Å²) in [4.78, 5) is 4.41. The SMILES string of the molecule is C1=Nc2cc(C3=CC3)ccc2CC1. The maximum atomic E-state index is 4.41. The van der Waals surface area contributed by atoms with Gasteiger partial charge in [0.15, 0.2) is 0 Å². The first kappa shape index (κ1) is 7.07. The minimum Gasteiger partial charge on any atom is -0.261 e. The van der Waals surface area contributed by atoms with E-state index < -0.39 is 0 Å². The van der Waals surface area contributed by atoms with E-state index in [0.29, 0.717) is 0 Å². The lowest BCUT2D eigenvalue weighted by Crippen LogP contribution is -1.93. The molecule has 1 heteroatoms. The fourth-order valence-electron chi connectivity index (χ4n) is 1.76. The molecule has 1 heterocycles. The molecule has 0 spiro atoms. The van der Waals surface area contributed by atoms with Crippen LogP contribution in [-0.4, -0.2) is 6.21 Å². The van der Waals surface area contributed by atoms with Crippen molar-refractivity contribution in [3.8, 4) is 0 Å². The molecule has 2 aliphatic rings. The second-order valence-electron chi connectivity index (χ2n) is 3.63. The summed E-state index contributed by atoms with van der Waals surface area (Å²) in [6.45, 7) is 0. The van der Waals surface area contributed by atoms with E-state index in [9.17, 15) is 0 Å². The van der Waals surface area contributed by atoms with Gasteiger partial charge in [0.1, 0.15) is 0 Å². The molecule has 0 atom stereocenters. The Morgan fingerprint density at radius 1 is 1.23 bits per heavy atom. The highest BCUT2D eigenvalue weighted by molar-refractivity contribution is 5.80. The van der Waals surface area contributed by atoms with Crippen LogP contribution < -0.4 is 0 Å². The molecule has 1 aromatic carbocycles. The lowest BCUT2D eigenvalue weighted by molar-refractivity contribution is 1.03. The summed E-state index contributed by atoms with van der Waals surface area (Å²) in [7, 11) is 0. The van der Waals surface area contributed by atoms with Crippen molar-refractivity contribution in [1.29, 1.82) is 0 Å². The van der Waals surface area contributed by atoms with Crippen LogP contribution in [0.1, 0.15) is 24.0 Å². The van der Waals surface area contributed by atoms with Crippen molar-refractivity contribution in [3.63, 3.8) is 0 Å². The Kier molecular flexibility index (Phi) is 1.39. The normalized spacial score (nSPS) is 18.0. The minimum atomic E-state index is 1.09. The number of aliphatic imine (C=N–C) groups is 1. The Labute approximate surface area is 77.8 Å². The number of rotatable bonds is 1. The molecule has 0 aromatic heterocycles. The summed E-state index contributed by atoms with van der Waals surface area (Å²) < 4.78 is 0. The molecule has 0 bridgehead atoms.